The summed E-state index contributed by atoms with van der Waals surface area (Å²) in [4.78, 5) is 50.3. The van der Waals surface area contributed by atoms with Crippen LogP contribution in [0.2, 0.25) is 0 Å². The van der Waals surface area contributed by atoms with Gasteiger partial charge in [-0.15, -0.1) is 0 Å². The van der Waals surface area contributed by atoms with Crippen molar-refractivity contribution in [2.45, 2.75) is 76.5 Å². The van der Waals surface area contributed by atoms with Gasteiger partial charge in [0, 0.05) is 23.4 Å². The van der Waals surface area contributed by atoms with Crippen molar-refractivity contribution in [1.82, 2.24) is 14.6 Å². The Bertz CT molecular complexity index is 1190. The summed E-state index contributed by atoms with van der Waals surface area (Å²) in [7, 11) is 0. The monoisotopic (exact) mass is 649 g/mol. The van der Waals surface area contributed by atoms with Gasteiger partial charge in [0.2, 0.25) is 0 Å². The van der Waals surface area contributed by atoms with Crippen molar-refractivity contribution in [1.29, 1.82) is 0 Å². The molecule has 1 aromatic rings. The van der Waals surface area contributed by atoms with Gasteiger partial charge in [0.1, 0.15) is 18.2 Å². The van der Waals surface area contributed by atoms with Crippen molar-refractivity contribution >= 4 is 64.5 Å². The average Bonchev–Trinajstić information content (AvgIpc) is 3.03. The highest BCUT2D eigenvalue weighted by Gasteiger charge is 2.56. The van der Waals surface area contributed by atoms with Crippen LogP contribution >= 0.6 is 41.6 Å². The van der Waals surface area contributed by atoms with Gasteiger partial charge in [0.15, 0.2) is 15.7 Å². The maximum absolute atomic E-state index is 12.4. The number of thioether (sulfide) groups is 1. The smallest absolute Gasteiger partial charge is 0.330 e. The zero-order valence-corrected chi connectivity index (χ0v) is 26.4. The number of aromatic nitrogens is 2. The van der Waals surface area contributed by atoms with Crippen LogP contribution in [0.1, 0.15) is 47.8 Å². The number of aromatic amines is 1. The molecule has 1 aromatic heterocycles. The minimum atomic E-state index is -3.44. The molecule has 0 aliphatic carbocycles. The van der Waals surface area contributed by atoms with Crippen LogP contribution in [0, 0.1) is 5.41 Å². The number of carbonyl (C=O) groups is 2. The number of H-pyrrole nitrogens is 1. The SMILES string of the molecule is CC(C)OC(=O)[C@H](C)NP(=S)(OCCSC(=O)C(C)(C)C)OC[C@H]1O[C@@H](n2ccc(=O)[nH]c2=O)C(Cl)(Cl)[C@@H]1O. The molecule has 1 fully saturated rings. The average molecular weight is 651 g/mol. The number of aliphatic hydroxyl groups excluding tert-OH is 1. The number of nitrogens with zero attached hydrogens (tertiary/aromatic N) is 1. The Hall–Kier alpha value is -0.800. The van der Waals surface area contributed by atoms with Crippen LogP contribution < -0.4 is 16.3 Å². The van der Waals surface area contributed by atoms with E-state index >= 15 is 0 Å². The lowest BCUT2D eigenvalue weighted by Gasteiger charge is -2.28. The molecule has 0 radical (unpaired) electrons. The van der Waals surface area contributed by atoms with Gasteiger partial charge in [0.25, 0.3) is 12.2 Å². The molecule has 2 rings (SSSR count). The van der Waals surface area contributed by atoms with Crippen LogP contribution in [0.5, 0.6) is 0 Å². The molecule has 0 aromatic carbocycles. The van der Waals surface area contributed by atoms with E-state index in [1.807, 2.05) is 0 Å². The van der Waals surface area contributed by atoms with E-state index in [9.17, 15) is 24.3 Å². The van der Waals surface area contributed by atoms with E-state index in [0.717, 1.165) is 28.6 Å². The fraction of sp³-hybridized carbons (Fsp3) is 0.727. The lowest BCUT2D eigenvalue weighted by molar-refractivity contribution is -0.149. The molecule has 1 aliphatic rings. The number of hydrogen-bond donors (Lipinski definition) is 3. The summed E-state index contributed by atoms with van der Waals surface area (Å²) in [6.07, 6.45) is -3.32. The van der Waals surface area contributed by atoms with Crippen LogP contribution in [0.4, 0.5) is 0 Å². The number of halogens is 2. The predicted octanol–water partition coefficient (Wildman–Crippen LogP) is 2.46. The summed E-state index contributed by atoms with van der Waals surface area (Å²) >= 11 is 19.4. The van der Waals surface area contributed by atoms with Crippen LogP contribution in [-0.4, -0.2) is 73.4 Å². The summed E-state index contributed by atoms with van der Waals surface area (Å²) in [5.74, 6) is -0.310. The van der Waals surface area contributed by atoms with E-state index in [1.54, 1.807) is 34.6 Å². The Balaban J connectivity index is 2.16. The molecule has 39 heavy (non-hydrogen) atoms. The second kappa shape index (κ2) is 13.9. The molecular weight excluding hydrogens is 616 g/mol. The van der Waals surface area contributed by atoms with Crippen LogP contribution in [0.25, 0.3) is 0 Å². The molecular formula is C22H34Cl2N3O9PS2. The lowest BCUT2D eigenvalue weighted by Crippen LogP contribution is -2.41. The first-order valence-electron chi connectivity index (χ1n) is 11.9. The van der Waals surface area contributed by atoms with E-state index in [4.69, 9.17) is 53.5 Å². The van der Waals surface area contributed by atoms with Crippen molar-refractivity contribution in [3.05, 3.63) is 33.1 Å². The Labute approximate surface area is 245 Å². The number of alkyl halides is 2. The summed E-state index contributed by atoms with van der Waals surface area (Å²) in [5.41, 5.74) is -2.02. The topological polar surface area (TPSA) is 158 Å². The summed E-state index contributed by atoms with van der Waals surface area (Å²) in [5, 5.41) is 13.6. The van der Waals surface area contributed by atoms with Crippen molar-refractivity contribution in [2.24, 2.45) is 5.41 Å². The fourth-order valence-electron chi connectivity index (χ4n) is 3.13. The van der Waals surface area contributed by atoms with Crippen molar-refractivity contribution < 1.29 is 33.2 Å². The van der Waals surface area contributed by atoms with E-state index in [0.29, 0.717) is 0 Å². The zero-order chi connectivity index (χ0) is 29.8. The summed E-state index contributed by atoms with van der Waals surface area (Å²) in [6, 6.07) is 0.159. The van der Waals surface area contributed by atoms with E-state index in [2.05, 4.69) is 10.1 Å². The molecule has 0 saturated carbocycles. The number of carbonyl (C=O) groups excluding carboxylic acids is 2. The fourth-order valence-corrected chi connectivity index (χ4v) is 7.00. The third-order valence-electron chi connectivity index (χ3n) is 5.14. The highest BCUT2D eigenvalue weighted by Crippen LogP contribution is 2.49. The Morgan fingerprint density at radius 2 is 1.95 bits per heavy atom. The molecule has 0 spiro atoms. The van der Waals surface area contributed by atoms with Crippen LogP contribution in [0.3, 0.4) is 0 Å². The number of rotatable bonds is 12. The lowest BCUT2D eigenvalue weighted by atomic mass is 10.00. The third-order valence-corrected chi connectivity index (χ3v) is 9.87. The number of hydrogen-bond acceptors (Lipinski definition) is 11. The molecule has 1 saturated heterocycles. The minimum absolute atomic E-state index is 0.0150. The normalized spacial score (nSPS) is 23.4. The predicted molar refractivity (Wildman–Crippen MR) is 153 cm³/mol. The summed E-state index contributed by atoms with van der Waals surface area (Å²) in [6.45, 7) is 6.52. The molecule has 1 unspecified atom stereocenters. The van der Waals surface area contributed by atoms with Gasteiger partial charge in [-0.25, -0.2) is 9.88 Å². The quantitative estimate of drug-likeness (QED) is 0.132. The first-order valence-corrected chi connectivity index (χ1v) is 16.3. The molecule has 0 amide bonds. The molecule has 12 nitrogen and oxygen atoms in total. The summed E-state index contributed by atoms with van der Waals surface area (Å²) < 4.78 is 21.6. The van der Waals surface area contributed by atoms with Crippen LogP contribution in [0.15, 0.2) is 21.9 Å². The van der Waals surface area contributed by atoms with Crippen molar-refractivity contribution in [2.75, 3.05) is 19.0 Å². The maximum atomic E-state index is 12.4. The molecule has 2 heterocycles. The van der Waals surface area contributed by atoms with E-state index < -0.39 is 58.1 Å². The first-order chi connectivity index (χ1) is 17.9. The van der Waals surface area contributed by atoms with Gasteiger partial charge in [-0.05, 0) is 32.6 Å². The molecule has 222 valence electrons. The van der Waals surface area contributed by atoms with Crippen LogP contribution in [-0.2, 0) is 39.9 Å². The third kappa shape index (κ3) is 9.63. The standard InChI is InChI=1S/C22H34Cl2N3O9PS2/c1-12(2)35-17(30)13(3)26-37(38,33-9-10-39-19(31)21(4,5)6)34-11-14-16(29)22(23,24)18(36-14)27-8-7-15(28)25-20(27)32/h7-8,12-14,16,18,29H,9-11H2,1-6H3,(H,26,38)(H,25,28,32)/t13-,14+,16+,18+,37?/m0/s1. The number of esters is 1. The highest BCUT2D eigenvalue weighted by atomic mass is 35.5. The van der Waals surface area contributed by atoms with Gasteiger partial charge in [-0.3, -0.25) is 23.9 Å². The van der Waals surface area contributed by atoms with Gasteiger partial charge in [-0.1, -0.05) is 55.7 Å². The number of nitrogens with one attached hydrogen (secondary N) is 2. The number of ether oxygens (including phenoxy) is 2. The molecule has 17 heteroatoms. The molecule has 5 atom stereocenters. The van der Waals surface area contributed by atoms with Gasteiger partial charge >= 0.3 is 11.7 Å². The van der Waals surface area contributed by atoms with Crippen molar-refractivity contribution in [3.8, 4) is 0 Å². The van der Waals surface area contributed by atoms with Gasteiger partial charge in [0.05, 0.1) is 19.3 Å². The number of aliphatic hydroxyl groups is 1. The van der Waals surface area contributed by atoms with Gasteiger partial charge in [-0.2, -0.15) is 0 Å². The zero-order valence-electron chi connectivity index (χ0n) is 22.3. The second-order valence-electron chi connectivity index (χ2n) is 10.0. The maximum Gasteiger partial charge on any atom is 0.330 e. The molecule has 3 N–H and O–H groups in total. The minimum Gasteiger partial charge on any atom is -0.462 e. The second-order valence-corrected chi connectivity index (χ2v) is 15.7. The molecule has 1 aliphatic heterocycles. The van der Waals surface area contributed by atoms with E-state index in [-0.39, 0.29) is 30.2 Å². The Morgan fingerprint density at radius 3 is 2.51 bits per heavy atom. The molecule has 0 bridgehead atoms. The first kappa shape index (κ1) is 34.4. The highest BCUT2D eigenvalue weighted by molar-refractivity contribution is 8.13. The Morgan fingerprint density at radius 1 is 1.31 bits per heavy atom. The van der Waals surface area contributed by atoms with Gasteiger partial charge < -0.3 is 23.6 Å². The van der Waals surface area contributed by atoms with Crippen molar-refractivity contribution in [3.63, 3.8) is 0 Å². The Kier molecular flexibility index (Phi) is 12.3. The largest absolute Gasteiger partial charge is 0.462 e. The van der Waals surface area contributed by atoms with E-state index in [1.165, 1.54) is 6.92 Å².